The number of esters is 1. The highest BCUT2D eigenvalue weighted by molar-refractivity contribution is 7.46. The summed E-state index contributed by atoms with van der Waals surface area (Å²) in [7, 11) is -4.46. The van der Waals surface area contributed by atoms with E-state index in [-0.39, 0.29) is 26.1 Å². The van der Waals surface area contributed by atoms with Crippen LogP contribution in [-0.2, 0) is 23.4 Å². The third-order valence-corrected chi connectivity index (χ3v) is 1.85. The molecule has 88 valence electrons. The quantitative estimate of drug-likeness (QED) is 0.279. The lowest BCUT2D eigenvalue weighted by Crippen LogP contribution is -2.17. The van der Waals surface area contributed by atoms with E-state index in [4.69, 9.17) is 9.79 Å². The van der Waals surface area contributed by atoms with Crippen LogP contribution < -0.4 is 0 Å². The van der Waals surface area contributed by atoms with Crippen LogP contribution in [0.5, 0.6) is 0 Å². The van der Waals surface area contributed by atoms with Crippen molar-refractivity contribution in [1.82, 2.24) is 0 Å². The lowest BCUT2D eigenvalue weighted by Gasteiger charge is -2.05. The zero-order chi connectivity index (χ0) is 11.9. The van der Waals surface area contributed by atoms with E-state index in [9.17, 15) is 14.2 Å². The Labute approximate surface area is 86.6 Å². The first-order valence-electron chi connectivity index (χ1n) is 4.27. The largest absolute Gasteiger partial charge is 0.469 e. The van der Waals surface area contributed by atoms with Crippen molar-refractivity contribution in [3.8, 4) is 0 Å². The molecule has 0 fully saturated rings. The molecule has 0 aromatic carbocycles. The maximum absolute atomic E-state index is 10.8. The summed E-state index contributed by atoms with van der Waals surface area (Å²) in [5, 5.41) is 0. The second-order valence-electron chi connectivity index (χ2n) is 2.59. The molecule has 0 aliphatic heterocycles. The molecular formula is C7H13O7P. The summed E-state index contributed by atoms with van der Waals surface area (Å²) in [6.07, 6.45) is 0.186. The van der Waals surface area contributed by atoms with Gasteiger partial charge in [0.05, 0.1) is 13.2 Å². The van der Waals surface area contributed by atoms with E-state index >= 15 is 0 Å². The molecule has 0 spiro atoms. The van der Waals surface area contributed by atoms with Crippen molar-refractivity contribution in [3.63, 3.8) is 0 Å². The molecule has 0 aliphatic rings. The molecule has 0 aromatic rings. The van der Waals surface area contributed by atoms with Crippen molar-refractivity contribution >= 4 is 19.6 Å². The number of ether oxygens (including phenoxy) is 1. The maximum Gasteiger partial charge on any atom is 0.469 e. The van der Waals surface area contributed by atoms with Crippen LogP contribution >= 0.6 is 7.82 Å². The first-order valence-corrected chi connectivity index (χ1v) is 5.80. The molecule has 0 unspecified atom stereocenters. The van der Waals surface area contributed by atoms with Crippen molar-refractivity contribution in [2.24, 2.45) is 0 Å². The van der Waals surface area contributed by atoms with Crippen LogP contribution in [0.25, 0.3) is 0 Å². The Bertz CT molecular complexity index is 269. The molecule has 2 N–H and O–H groups in total. The molecule has 7 nitrogen and oxygen atoms in total. The maximum atomic E-state index is 10.8. The van der Waals surface area contributed by atoms with E-state index in [1.807, 2.05) is 0 Å². The van der Waals surface area contributed by atoms with E-state index in [0.29, 0.717) is 0 Å². The number of Topliss-reactive ketones (excluding diaryl/α,β-unsaturated/α-hetero) is 1. The lowest BCUT2D eigenvalue weighted by molar-refractivity contribution is -0.153. The first-order chi connectivity index (χ1) is 6.87. The Morgan fingerprint density at radius 2 is 1.87 bits per heavy atom. The van der Waals surface area contributed by atoms with Gasteiger partial charge < -0.3 is 14.5 Å². The summed E-state index contributed by atoms with van der Waals surface area (Å²) in [6.45, 7) is 1.18. The summed E-state index contributed by atoms with van der Waals surface area (Å²) in [6, 6.07) is 0. The van der Waals surface area contributed by atoms with Crippen molar-refractivity contribution in [1.29, 1.82) is 0 Å². The average Bonchev–Trinajstić information content (AvgIpc) is 2.14. The van der Waals surface area contributed by atoms with Crippen LogP contribution in [-0.4, -0.2) is 34.8 Å². The molecule has 0 rings (SSSR count). The molecule has 0 bridgehead atoms. The highest BCUT2D eigenvalue weighted by atomic mass is 31.2. The second kappa shape index (κ2) is 6.68. The van der Waals surface area contributed by atoms with Crippen molar-refractivity contribution in [3.05, 3.63) is 0 Å². The first kappa shape index (κ1) is 14.2. The van der Waals surface area contributed by atoms with Gasteiger partial charge in [-0.05, 0) is 0 Å². The van der Waals surface area contributed by atoms with Crippen LogP contribution in [0.3, 0.4) is 0 Å². The van der Waals surface area contributed by atoms with E-state index < -0.39 is 19.6 Å². The number of hydrogen-bond donors (Lipinski definition) is 2. The molecule has 0 atom stereocenters. The second-order valence-corrected chi connectivity index (χ2v) is 3.83. The number of phosphoric acid groups is 1. The van der Waals surface area contributed by atoms with Crippen LogP contribution in [0.15, 0.2) is 0 Å². The highest BCUT2D eigenvalue weighted by Gasteiger charge is 2.14. The SMILES string of the molecule is CCC(=O)C(=O)OCCCOP(=O)(O)O. The highest BCUT2D eigenvalue weighted by Crippen LogP contribution is 2.35. The zero-order valence-electron chi connectivity index (χ0n) is 8.21. The number of carbonyl (C=O) groups is 2. The van der Waals surface area contributed by atoms with Gasteiger partial charge in [0.1, 0.15) is 0 Å². The fourth-order valence-corrected chi connectivity index (χ4v) is 0.999. The Hall–Kier alpha value is -0.750. The van der Waals surface area contributed by atoms with Crippen LogP contribution in [0, 0.1) is 0 Å². The minimum absolute atomic E-state index is 0.0673. The van der Waals surface area contributed by atoms with Crippen molar-refractivity contribution in [2.45, 2.75) is 19.8 Å². The molecule has 0 heterocycles. The lowest BCUT2D eigenvalue weighted by atomic mass is 10.3. The van der Waals surface area contributed by atoms with Crippen LogP contribution in [0.1, 0.15) is 19.8 Å². The Balaban J connectivity index is 3.52. The Morgan fingerprint density at radius 3 is 2.33 bits per heavy atom. The molecule has 15 heavy (non-hydrogen) atoms. The minimum Gasteiger partial charge on any atom is -0.460 e. The van der Waals surface area contributed by atoms with E-state index in [0.717, 1.165) is 0 Å². The summed E-state index contributed by atoms with van der Waals surface area (Å²) >= 11 is 0. The summed E-state index contributed by atoms with van der Waals surface area (Å²) in [5.74, 6) is -1.57. The van der Waals surface area contributed by atoms with Gasteiger partial charge in [-0.25, -0.2) is 9.36 Å². The number of hydrogen-bond acceptors (Lipinski definition) is 5. The normalized spacial score (nSPS) is 11.1. The van der Waals surface area contributed by atoms with Crippen LogP contribution in [0.4, 0.5) is 0 Å². The van der Waals surface area contributed by atoms with Gasteiger partial charge in [0.2, 0.25) is 5.78 Å². The van der Waals surface area contributed by atoms with Gasteiger partial charge in [-0.2, -0.15) is 0 Å². The number of carbonyl (C=O) groups excluding carboxylic acids is 2. The molecule has 0 amide bonds. The number of phosphoric ester groups is 1. The number of ketones is 1. The fourth-order valence-electron chi connectivity index (χ4n) is 0.632. The molecule has 0 aliphatic carbocycles. The van der Waals surface area contributed by atoms with E-state index in [1.54, 1.807) is 0 Å². The molecular weight excluding hydrogens is 227 g/mol. The average molecular weight is 240 g/mol. The van der Waals surface area contributed by atoms with Gasteiger partial charge in [0, 0.05) is 12.8 Å². The minimum atomic E-state index is -4.46. The van der Waals surface area contributed by atoms with Gasteiger partial charge in [-0.3, -0.25) is 9.32 Å². The molecule has 8 heteroatoms. The molecule has 0 aromatic heterocycles. The number of rotatable bonds is 7. The Morgan fingerprint density at radius 1 is 1.27 bits per heavy atom. The van der Waals surface area contributed by atoms with Gasteiger partial charge in [0.15, 0.2) is 0 Å². The fraction of sp³-hybridized carbons (Fsp3) is 0.714. The summed E-state index contributed by atoms with van der Waals surface area (Å²) < 4.78 is 18.8. The standard InChI is InChI=1S/C7H13O7P/c1-2-6(8)7(9)13-4-3-5-14-15(10,11)12/h2-5H2,1H3,(H2,10,11,12). The molecule has 0 radical (unpaired) electrons. The van der Waals surface area contributed by atoms with Gasteiger partial charge in [-0.1, -0.05) is 6.92 Å². The monoisotopic (exact) mass is 240 g/mol. The Kier molecular flexibility index (Phi) is 6.35. The van der Waals surface area contributed by atoms with Crippen LogP contribution in [0.2, 0.25) is 0 Å². The third-order valence-electron chi connectivity index (χ3n) is 1.33. The molecule has 0 saturated heterocycles. The van der Waals surface area contributed by atoms with Gasteiger partial charge in [-0.15, -0.1) is 0 Å². The van der Waals surface area contributed by atoms with Gasteiger partial charge >= 0.3 is 13.8 Å². The van der Waals surface area contributed by atoms with E-state index in [1.165, 1.54) is 6.92 Å². The predicted molar refractivity (Wildman–Crippen MR) is 48.9 cm³/mol. The smallest absolute Gasteiger partial charge is 0.460 e. The third kappa shape index (κ3) is 8.26. The van der Waals surface area contributed by atoms with E-state index in [2.05, 4.69) is 9.26 Å². The topological polar surface area (TPSA) is 110 Å². The summed E-state index contributed by atoms with van der Waals surface area (Å²) in [5.41, 5.74) is 0. The van der Waals surface area contributed by atoms with Gasteiger partial charge in [0.25, 0.3) is 0 Å². The van der Waals surface area contributed by atoms with Crippen molar-refractivity contribution in [2.75, 3.05) is 13.2 Å². The predicted octanol–water partition coefficient (Wildman–Crippen LogP) is 0.00810. The zero-order valence-corrected chi connectivity index (χ0v) is 9.11. The summed E-state index contributed by atoms with van der Waals surface area (Å²) in [4.78, 5) is 38.0. The van der Waals surface area contributed by atoms with Crippen molar-refractivity contribution < 1.29 is 33.2 Å². The molecule has 0 saturated carbocycles.